The van der Waals surface area contributed by atoms with E-state index < -0.39 is 0 Å². The van der Waals surface area contributed by atoms with Gasteiger partial charge in [-0.3, -0.25) is 4.98 Å². The quantitative estimate of drug-likeness (QED) is 0.709. The van der Waals surface area contributed by atoms with E-state index in [1.54, 1.807) is 12.4 Å². The highest BCUT2D eigenvalue weighted by Crippen LogP contribution is 2.27. The summed E-state index contributed by atoms with van der Waals surface area (Å²) < 4.78 is 0. The van der Waals surface area contributed by atoms with Crippen molar-refractivity contribution in [3.05, 3.63) is 60.4 Å². The molecule has 1 aromatic carbocycles. The Morgan fingerprint density at radius 2 is 2.00 bits per heavy atom. The molecule has 0 aliphatic rings. The largest absolute Gasteiger partial charge is 0.327 e. The molecule has 3 rings (SSSR count). The van der Waals surface area contributed by atoms with Gasteiger partial charge < -0.3 is 4.90 Å². The Bertz CT molecular complexity index is 790. The minimum Gasteiger partial charge on any atom is -0.327 e. The zero-order valence-electron chi connectivity index (χ0n) is 11.0. The molecule has 0 unspecified atom stereocenters. The van der Waals surface area contributed by atoms with Gasteiger partial charge >= 0.3 is 0 Å². The second kappa shape index (κ2) is 4.98. The third-order valence-electron chi connectivity index (χ3n) is 3.18. The Morgan fingerprint density at radius 3 is 2.75 bits per heavy atom. The van der Waals surface area contributed by atoms with E-state index in [1.807, 2.05) is 54.4 Å². The highest BCUT2D eigenvalue weighted by molar-refractivity contribution is 5.84. The predicted octanol–water partition coefficient (Wildman–Crippen LogP) is 3.27. The summed E-state index contributed by atoms with van der Waals surface area (Å²) in [5, 5.41) is 10.3. The zero-order valence-corrected chi connectivity index (χ0v) is 11.0. The van der Waals surface area contributed by atoms with E-state index in [0.717, 1.165) is 16.6 Å². The second-order valence-electron chi connectivity index (χ2n) is 4.43. The van der Waals surface area contributed by atoms with E-state index in [9.17, 15) is 5.26 Å². The van der Waals surface area contributed by atoms with Crippen LogP contribution in [0.2, 0.25) is 0 Å². The average Bonchev–Trinajstić information content (AvgIpc) is 2.53. The van der Waals surface area contributed by atoms with Crippen LogP contribution >= 0.6 is 0 Å². The molecule has 0 bridgehead atoms. The van der Waals surface area contributed by atoms with Crippen LogP contribution in [0.15, 0.2) is 54.9 Å². The van der Waals surface area contributed by atoms with Gasteiger partial charge in [-0.15, -0.1) is 0 Å². The lowest BCUT2D eigenvalue weighted by Crippen LogP contribution is -2.13. The fourth-order valence-electron chi connectivity index (χ4n) is 2.12. The topological polar surface area (TPSA) is 52.8 Å². The van der Waals surface area contributed by atoms with Crippen LogP contribution in [0.3, 0.4) is 0 Å². The van der Waals surface area contributed by atoms with Gasteiger partial charge in [-0.05, 0) is 24.3 Å². The molecule has 0 saturated carbocycles. The van der Waals surface area contributed by atoms with Crippen LogP contribution in [0.5, 0.6) is 0 Å². The summed E-state index contributed by atoms with van der Waals surface area (Å²) in [6.45, 7) is 0. The number of anilines is 2. The van der Waals surface area contributed by atoms with Gasteiger partial charge in [-0.1, -0.05) is 18.2 Å². The second-order valence-corrected chi connectivity index (χ2v) is 4.43. The van der Waals surface area contributed by atoms with Crippen molar-refractivity contribution in [3.63, 3.8) is 0 Å². The standard InChI is InChI=1S/C16H12N4/c1-20(14-6-4-8-18-11-14)16-13(10-17)9-12-5-2-3-7-15(12)19-16/h2-9,11H,1H3. The number of hydrogen-bond donors (Lipinski definition) is 0. The first kappa shape index (κ1) is 12.1. The van der Waals surface area contributed by atoms with Crippen LogP contribution in [0, 0.1) is 11.3 Å². The molecule has 2 aromatic heterocycles. The lowest BCUT2D eigenvalue weighted by molar-refractivity contribution is 1.12. The smallest absolute Gasteiger partial charge is 0.151 e. The van der Waals surface area contributed by atoms with Crippen molar-refractivity contribution in [1.82, 2.24) is 9.97 Å². The van der Waals surface area contributed by atoms with Gasteiger partial charge in [-0.25, -0.2) is 4.98 Å². The van der Waals surface area contributed by atoms with E-state index in [4.69, 9.17) is 0 Å². The van der Waals surface area contributed by atoms with Crippen molar-refractivity contribution in [2.45, 2.75) is 0 Å². The fraction of sp³-hybridized carbons (Fsp3) is 0.0625. The Balaban J connectivity index is 2.18. The van der Waals surface area contributed by atoms with Gasteiger partial charge in [-0.2, -0.15) is 5.26 Å². The van der Waals surface area contributed by atoms with Gasteiger partial charge in [0, 0.05) is 18.6 Å². The molecule has 0 saturated heterocycles. The molecule has 0 aliphatic carbocycles. The number of nitrogens with zero attached hydrogens (tertiary/aromatic N) is 4. The van der Waals surface area contributed by atoms with Crippen LogP contribution in [-0.2, 0) is 0 Å². The first-order chi connectivity index (χ1) is 9.79. The highest BCUT2D eigenvalue weighted by Gasteiger charge is 2.12. The van der Waals surface area contributed by atoms with Crippen LogP contribution in [0.1, 0.15) is 5.56 Å². The van der Waals surface area contributed by atoms with Crippen LogP contribution in [-0.4, -0.2) is 17.0 Å². The Kier molecular flexibility index (Phi) is 3.02. The molecule has 0 aliphatic heterocycles. The minimum absolute atomic E-state index is 0.551. The summed E-state index contributed by atoms with van der Waals surface area (Å²) in [5.41, 5.74) is 2.32. The number of nitriles is 1. The first-order valence-electron chi connectivity index (χ1n) is 6.23. The SMILES string of the molecule is CN(c1cccnc1)c1nc2ccccc2cc1C#N. The minimum atomic E-state index is 0.551. The molecule has 4 heteroatoms. The Hall–Kier alpha value is -2.93. The normalized spacial score (nSPS) is 10.2. The summed E-state index contributed by atoms with van der Waals surface area (Å²) in [7, 11) is 1.88. The molecular formula is C16H12N4. The Morgan fingerprint density at radius 1 is 1.15 bits per heavy atom. The van der Waals surface area contributed by atoms with Gasteiger partial charge in [0.1, 0.15) is 6.07 Å². The molecular weight excluding hydrogens is 248 g/mol. The van der Waals surface area contributed by atoms with Gasteiger partial charge in [0.25, 0.3) is 0 Å². The van der Waals surface area contributed by atoms with E-state index in [2.05, 4.69) is 16.0 Å². The monoisotopic (exact) mass is 260 g/mol. The Labute approximate surface area is 116 Å². The molecule has 0 amide bonds. The fourth-order valence-corrected chi connectivity index (χ4v) is 2.12. The number of benzene rings is 1. The summed E-state index contributed by atoms with van der Waals surface area (Å²) in [6.07, 6.45) is 3.47. The molecule has 0 atom stereocenters. The number of hydrogen-bond acceptors (Lipinski definition) is 4. The molecule has 0 fully saturated rings. The maximum Gasteiger partial charge on any atom is 0.151 e. The average molecular weight is 260 g/mol. The van der Waals surface area contributed by atoms with Crippen molar-refractivity contribution >= 4 is 22.4 Å². The molecule has 0 radical (unpaired) electrons. The first-order valence-corrected chi connectivity index (χ1v) is 6.23. The highest BCUT2D eigenvalue weighted by atomic mass is 15.2. The molecule has 20 heavy (non-hydrogen) atoms. The lowest BCUT2D eigenvalue weighted by Gasteiger charge is -2.19. The van der Waals surface area contributed by atoms with Crippen molar-refractivity contribution in [2.75, 3.05) is 11.9 Å². The van der Waals surface area contributed by atoms with Crippen molar-refractivity contribution in [1.29, 1.82) is 5.26 Å². The van der Waals surface area contributed by atoms with E-state index in [-0.39, 0.29) is 0 Å². The molecule has 0 spiro atoms. The predicted molar refractivity (Wildman–Crippen MR) is 78.8 cm³/mol. The van der Waals surface area contributed by atoms with Crippen LogP contribution in [0.4, 0.5) is 11.5 Å². The van der Waals surface area contributed by atoms with Crippen molar-refractivity contribution in [3.8, 4) is 6.07 Å². The number of para-hydroxylation sites is 1. The summed E-state index contributed by atoms with van der Waals surface area (Å²) in [6, 6.07) is 15.7. The maximum absolute atomic E-state index is 9.34. The lowest BCUT2D eigenvalue weighted by atomic mass is 10.1. The zero-order chi connectivity index (χ0) is 13.9. The summed E-state index contributed by atoms with van der Waals surface area (Å²) in [5.74, 6) is 0.638. The molecule has 0 N–H and O–H groups in total. The van der Waals surface area contributed by atoms with Crippen LogP contribution < -0.4 is 4.90 Å². The number of rotatable bonds is 2. The number of pyridine rings is 2. The van der Waals surface area contributed by atoms with E-state index in [1.165, 1.54) is 0 Å². The third kappa shape index (κ3) is 2.06. The molecule has 96 valence electrons. The summed E-state index contributed by atoms with van der Waals surface area (Å²) >= 11 is 0. The summed E-state index contributed by atoms with van der Waals surface area (Å²) in [4.78, 5) is 10.6. The molecule has 2 heterocycles. The van der Waals surface area contributed by atoms with Crippen LogP contribution in [0.25, 0.3) is 10.9 Å². The molecule has 3 aromatic rings. The van der Waals surface area contributed by atoms with Gasteiger partial charge in [0.2, 0.25) is 0 Å². The van der Waals surface area contributed by atoms with Gasteiger partial charge in [0.15, 0.2) is 5.82 Å². The van der Waals surface area contributed by atoms with E-state index in [0.29, 0.717) is 11.4 Å². The van der Waals surface area contributed by atoms with E-state index >= 15 is 0 Å². The van der Waals surface area contributed by atoms with Crippen molar-refractivity contribution in [2.24, 2.45) is 0 Å². The number of fused-ring (bicyclic) bond motifs is 1. The van der Waals surface area contributed by atoms with Crippen molar-refractivity contribution < 1.29 is 0 Å². The number of aromatic nitrogens is 2. The molecule has 4 nitrogen and oxygen atoms in total. The maximum atomic E-state index is 9.34. The van der Waals surface area contributed by atoms with Gasteiger partial charge in [0.05, 0.1) is 23.0 Å². The third-order valence-corrected chi connectivity index (χ3v) is 3.18.